The molecule has 2 rings (SSSR count). The van der Waals surface area contributed by atoms with Gasteiger partial charge >= 0.3 is 0 Å². The minimum atomic E-state index is -0.216. The van der Waals surface area contributed by atoms with Crippen LogP contribution in [0.4, 0.5) is 0 Å². The van der Waals surface area contributed by atoms with E-state index in [9.17, 15) is 9.90 Å². The third kappa shape index (κ3) is 1.99. The Balaban J connectivity index is 2.70. The highest BCUT2D eigenvalue weighted by Gasteiger charge is 2.08. The van der Waals surface area contributed by atoms with Crippen LogP contribution < -0.4 is 5.56 Å². The molecule has 0 radical (unpaired) electrons. The molecule has 1 aromatic carbocycles. The van der Waals surface area contributed by atoms with E-state index in [1.165, 1.54) is 16.7 Å². The minimum absolute atomic E-state index is 0.0403. The molecule has 0 spiro atoms. The van der Waals surface area contributed by atoms with Gasteiger partial charge in [-0.1, -0.05) is 17.7 Å². The van der Waals surface area contributed by atoms with E-state index in [4.69, 9.17) is 11.6 Å². The number of nitrogens with zero attached hydrogens (tertiary/aromatic N) is 1. The number of aromatic hydroxyl groups is 1. The number of phenolic OH excluding ortho intramolecular Hbond substituents is 1. The molecule has 0 saturated heterocycles. The SMILES string of the molecule is O=c1ccccn1-c1cc(Br)c(Cl)cc1O. The summed E-state index contributed by atoms with van der Waals surface area (Å²) >= 11 is 9.06. The quantitative estimate of drug-likeness (QED) is 0.880. The van der Waals surface area contributed by atoms with Crippen molar-refractivity contribution in [1.29, 1.82) is 0 Å². The average Bonchev–Trinajstić information content (AvgIpc) is 2.25. The Kier molecular flexibility index (Phi) is 3.03. The van der Waals surface area contributed by atoms with Crippen LogP contribution in [-0.4, -0.2) is 9.67 Å². The van der Waals surface area contributed by atoms with Gasteiger partial charge in [-0.3, -0.25) is 9.36 Å². The van der Waals surface area contributed by atoms with Crippen LogP contribution in [0.15, 0.2) is 45.8 Å². The number of benzene rings is 1. The van der Waals surface area contributed by atoms with E-state index in [2.05, 4.69) is 15.9 Å². The van der Waals surface area contributed by atoms with Crippen LogP contribution in [0.2, 0.25) is 5.02 Å². The Morgan fingerprint density at radius 3 is 2.75 bits per heavy atom. The lowest BCUT2D eigenvalue weighted by Gasteiger charge is -2.08. The minimum Gasteiger partial charge on any atom is -0.506 e. The van der Waals surface area contributed by atoms with Gasteiger partial charge in [0.15, 0.2) is 0 Å². The molecule has 0 unspecified atom stereocenters. The summed E-state index contributed by atoms with van der Waals surface area (Å²) in [7, 11) is 0. The van der Waals surface area contributed by atoms with Crippen LogP contribution in [0.5, 0.6) is 5.75 Å². The molecule has 0 atom stereocenters. The van der Waals surface area contributed by atoms with Gasteiger partial charge in [-0.2, -0.15) is 0 Å². The number of aromatic nitrogens is 1. The molecule has 1 N–H and O–H groups in total. The second-order valence-electron chi connectivity index (χ2n) is 3.16. The predicted molar refractivity (Wildman–Crippen MR) is 66.4 cm³/mol. The van der Waals surface area contributed by atoms with Gasteiger partial charge in [-0.15, -0.1) is 0 Å². The monoisotopic (exact) mass is 299 g/mol. The van der Waals surface area contributed by atoms with E-state index in [0.29, 0.717) is 15.2 Å². The van der Waals surface area contributed by atoms with Crippen molar-refractivity contribution in [2.45, 2.75) is 0 Å². The average molecular weight is 301 g/mol. The zero-order chi connectivity index (χ0) is 11.7. The second-order valence-corrected chi connectivity index (χ2v) is 4.43. The first-order chi connectivity index (χ1) is 7.59. The van der Waals surface area contributed by atoms with Crippen molar-refractivity contribution in [1.82, 2.24) is 4.57 Å². The summed E-state index contributed by atoms with van der Waals surface area (Å²) in [6, 6.07) is 7.76. The van der Waals surface area contributed by atoms with Crippen LogP contribution in [0.25, 0.3) is 5.69 Å². The van der Waals surface area contributed by atoms with Gasteiger partial charge in [0.25, 0.3) is 5.56 Å². The van der Waals surface area contributed by atoms with Crippen molar-refractivity contribution >= 4 is 27.5 Å². The van der Waals surface area contributed by atoms with Crippen molar-refractivity contribution in [3.05, 3.63) is 56.4 Å². The van der Waals surface area contributed by atoms with Crippen LogP contribution in [0, 0.1) is 0 Å². The van der Waals surface area contributed by atoms with Crippen molar-refractivity contribution in [2.24, 2.45) is 0 Å². The maximum absolute atomic E-state index is 11.6. The first-order valence-corrected chi connectivity index (χ1v) is 5.63. The zero-order valence-corrected chi connectivity index (χ0v) is 10.4. The van der Waals surface area contributed by atoms with Crippen LogP contribution >= 0.6 is 27.5 Å². The maximum Gasteiger partial charge on any atom is 0.255 e. The molecule has 0 aliphatic heterocycles. The van der Waals surface area contributed by atoms with Gasteiger partial charge in [0.1, 0.15) is 5.75 Å². The number of pyridine rings is 1. The lowest BCUT2D eigenvalue weighted by atomic mass is 10.3. The molecule has 0 bridgehead atoms. The summed E-state index contributed by atoms with van der Waals surface area (Å²) in [6.07, 6.45) is 1.58. The highest BCUT2D eigenvalue weighted by molar-refractivity contribution is 9.10. The third-order valence-electron chi connectivity index (χ3n) is 2.10. The first-order valence-electron chi connectivity index (χ1n) is 4.45. The van der Waals surface area contributed by atoms with Crippen LogP contribution in [-0.2, 0) is 0 Å². The first kappa shape index (κ1) is 11.2. The standard InChI is InChI=1S/C11H7BrClNO2/c12-7-5-9(10(15)6-8(7)13)14-4-2-1-3-11(14)16/h1-6,15H. The fraction of sp³-hybridized carbons (Fsp3) is 0. The Bertz CT molecular complexity index is 595. The van der Waals surface area contributed by atoms with Gasteiger partial charge in [0.2, 0.25) is 0 Å². The topological polar surface area (TPSA) is 42.2 Å². The molecule has 1 heterocycles. The van der Waals surface area contributed by atoms with Crippen molar-refractivity contribution in [3.63, 3.8) is 0 Å². The van der Waals surface area contributed by atoms with Crippen LogP contribution in [0.1, 0.15) is 0 Å². The largest absolute Gasteiger partial charge is 0.506 e. The van der Waals surface area contributed by atoms with E-state index >= 15 is 0 Å². The number of phenols is 1. The van der Waals surface area contributed by atoms with Gasteiger partial charge in [0, 0.05) is 22.8 Å². The Hall–Kier alpha value is -1.26. The van der Waals surface area contributed by atoms with Gasteiger partial charge < -0.3 is 5.11 Å². The summed E-state index contributed by atoms with van der Waals surface area (Å²) < 4.78 is 1.97. The van der Waals surface area contributed by atoms with E-state index in [0.717, 1.165) is 0 Å². The summed E-state index contributed by atoms with van der Waals surface area (Å²) in [4.78, 5) is 11.6. The molecule has 5 heteroatoms. The van der Waals surface area contributed by atoms with Crippen molar-refractivity contribution < 1.29 is 5.11 Å². The molecule has 82 valence electrons. The molecule has 0 fully saturated rings. The molecule has 0 amide bonds. The van der Waals surface area contributed by atoms with Crippen LogP contribution in [0.3, 0.4) is 0 Å². The zero-order valence-electron chi connectivity index (χ0n) is 8.02. The summed E-state index contributed by atoms with van der Waals surface area (Å²) in [5.41, 5.74) is 0.175. The molecule has 0 saturated carbocycles. The number of hydrogen-bond donors (Lipinski definition) is 1. The van der Waals surface area contributed by atoms with Gasteiger partial charge in [0.05, 0.1) is 10.7 Å². The van der Waals surface area contributed by atoms with Gasteiger partial charge in [-0.25, -0.2) is 0 Å². The molecule has 0 aliphatic carbocycles. The van der Waals surface area contributed by atoms with E-state index in [1.54, 1.807) is 24.4 Å². The predicted octanol–water partition coefficient (Wildman–Crippen LogP) is 2.96. The lowest BCUT2D eigenvalue weighted by Crippen LogP contribution is -2.15. The molecule has 3 nitrogen and oxygen atoms in total. The number of hydrogen-bond acceptors (Lipinski definition) is 2. The normalized spacial score (nSPS) is 10.4. The Labute approximate surface area is 105 Å². The number of halogens is 2. The molecule has 1 aromatic heterocycles. The summed E-state index contributed by atoms with van der Waals surface area (Å²) in [5, 5.41) is 10.1. The Morgan fingerprint density at radius 2 is 2.06 bits per heavy atom. The van der Waals surface area contributed by atoms with Crippen molar-refractivity contribution in [2.75, 3.05) is 0 Å². The third-order valence-corrected chi connectivity index (χ3v) is 3.30. The fourth-order valence-corrected chi connectivity index (χ4v) is 1.83. The smallest absolute Gasteiger partial charge is 0.255 e. The molecular formula is C11H7BrClNO2. The molecular weight excluding hydrogens is 293 g/mol. The second kappa shape index (κ2) is 4.31. The van der Waals surface area contributed by atoms with E-state index < -0.39 is 0 Å². The molecule has 16 heavy (non-hydrogen) atoms. The fourth-order valence-electron chi connectivity index (χ4n) is 1.35. The highest BCUT2D eigenvalue weighted by Crippen LogP contribution is 2.31. The van der Waals surface area contributed by atoms with Gasteiger partial charge in [-0.05, 0) is 28.1 Å². The molecule has 2 aromatic rings. The van der Waals surface area contributed by atoms with E-state index in [1.807, 2.05) is 0 Å². The summed E-state index contributed by atoms with van der Waals surface area (Å²) in [6.45, 7) is 0. The molecule has 0 aliphatic rings. The summed E-state index contributed by atoms with van der Waals surface area (Å²) in [5.74, 6) is -0.0403. The maximum atomic E-state index is 11.6. The Morgan fingerprint density at radius 1 is 1.31 bits per heavy atom. The number of rotatable bonds is 1. The highest BCUT2D eigenvalue weighted by atomic mass is 79.9. The van der Waals surface area contributed by atoms with Crippen molar-refractivity contribution in [3.8, 4) is 11.4 Å². The lowest BCUT2D eigenvalue weighted by molar-refractivity contribution is 0.471. The van der Waals surface area contributed by atoms with E-state index in [-0.39, 0.29) is 11.3 Å².